The molecular formula is C15H24N2S. The van der Waals surface area contributed by atoms with Crippen LogP contribution in [0.1, 0.15) is 39.2 Å². The molecule has 0 aliphatic heterocycles. The fourth-order valence-electron chi connectivity index (χ4n) is 1.69. The number of rotatable bonds is 6. The van der Waals surface area contributed by atoms with Gasteiger partial charge in [-0.25, -0.2) is 0 Å². The molecule has 0 spiro atoms. The lowest BCUT2D eigenvalue weighted by atomic mass is 10.1. The van der Waals surface area contributed by atoms with E-state index in [1.165, 1.54) is 18.4 Å². The second-order valence-electron chi connectivity index (χ2n) is 4.99. The van der Waals surface area contributed by atoms with Crippen molar-refractivity contribution in [1.29, 1.82) is 0 Å². The maximum atomic E-state index is 5.30. The van der Waals surface area contributed by atoms with Gasteiger partial charge in [-0.05, 0) is 42.6 Å². The number of para-hydroxylation sites is 1. The minimum atomic E-state index is 0.597. The predicted octanol–water partition coefficient (Wildman–Crippen LogP) is 3.97. The second kappa shape index (κ2) is 8.09. The average molecular weight is 264 g/mol. The first-order valence-electron chi connectivity index (χ1n) is 6.76. The van der Waals surface area contributed by atoms with Crippen molar-refractivity contribution >= 4 is 23.0 Å². The van der Waals surface area contributed by atoms with Gasteiger partial charge in [-0.2, -0.15) is 0 Å². The van der Waals surface area contributed by atoms with Crippen LogP contribution in [0.3, 0.4) is 0 Å². The van der Waals surface area contributed by atoms with E-state index in [1.807, 2.05) is 6.07 Å². The van der Waals surface area contributed by atoms with E-state index < -0.39 is 0 Å². The Kier molecular flexibility index (Phi) is 6.73. The van der Waals surface area contributed by atoms with Gasteiger partial charge in [0.25, 0.3) is 0 Å². The van der Waals surface area contributed by atoms with Crippen LogP contribution in [-0.4, -0.2) is 11.7 Å². The van der Waals surface area contributed by atoms with Crippen molar-refractivity contribution < 1.29 is 0 Å². The molecule has 2 N–H and O–H groups in total. The summed E-state index contributed by atoms with van der Waals surface area (Å²) in [6.45, 7) is 7.46. The Labute approximate surface area is 116 Å². The van der Waals surface area contributed by atoms with E-state index in [0.717, 1.165) is 18.7 Å². The summed E-state index contributed by atoms with van der Waals surface area (Å²) < 4.78 is 0. The highest BCUT2D eigenvalue weighted by Gasteiger charge is 2.03. The normalized spacial score (nSPS) is 10.4. The van der Waals surface area contributed by atoms with E-state index in [1.54, 1.807) is 0 Å². The molecule has 0 saturated heterocycles. The summed E-state index contributed by atoms with van der Waals surface area (Å²) in [6.07, 6.45) is 3.53. The summed E-state index contributed by atoms with van der Waals surface area (Å²) in [7, 11) is 0. The quantitative estimate of drug-likeness (QED) is 0.760. The summed E-state index contributed by atoms with van der Waals surface area (Å²) in [4.78, 5) is 0. The first kappa shape index (κ1) is 15.0. The molecule has 0 bridgehead atoms. The van der Waals surface area contributed by atoms with E-state index in [4.69, 9.17) is 12.2 Å². The Morgan fingerprint density at radius 3 is 2.67 bits per heavy atom. The van der Waals surface area contributed by atoms with E-state index in [2.05, 4.69) is 49.6 Å². The van der Waals surface area contributed by atoms with Crippen LogP contribution in [0.25, 0.3) is 0 Å². The van der Waals surface area contributed by atoms with Crippen LogP contribution < -0.4 is 10.6 Å². The Bertz CT molecular complexity index is 375. The van der Waals surface area contributed by atoms with E-state index in [-0.39, 0.29) is 0 Å². The topological polar surface area (TPSA) is 24.1 Å². The first-order valence-corrected chi connectivity index (χ1v) is 7.17. The summed E-state index contributed by atoms with van der Waals surface area (Å²) >= 11 is 5.30. The molecule has 0 atom stereocenters. The van der Waals surface area contributed by atoms with Gasteiger partial charge in [0, 0.05) is 12.2 Å². The van der Waals surface area contributed by atoms with Gasteiger partial charge in [0.15, 0.2) is 5.11 Å². The fourth-order valence-corrected chi connectivity index (χ4v) is 1.88. The number of hydrogen-bond acceptors (Lipinski definition) is 1. The molecule has 0 heterocycles. The van der Waals surface area contributed by atoms with Crippen molar-refractivity contribution in [2.24, 2.45) is 5.92 Å². The molecule has 0 saturated carbocycles. The van der Waals surface area contributed by atoms with Crippen LogP contribution in [0.15, 0.2) is 24.3 Å². The summed E-state index contributed by atoms with van der Waals surface area (Å²) in [6, 6.07) is 8.39. The average Bonchev–Trinajstić information content (AvgIpc) is 2.35. The van der Waals surface area contributed by atoms with Gasteiger partial charge in [0.05, 0.1) is 0 Å². The highest BCUT2D eigenvalue weighted by molar-refractivity contribution is 7.80. The molecule has 0 aliphatic rings. The SMILES string of the molecule is CCCCc1ccccc1NC(=S)NCC(C)C. The number of benzene rings is 1. The van der Waals surface area contributed by atoms with Gasteiger partial charge < -0.3 is 10.6 Å². The highest BCUT2D eigenvalue weighted by Crippen LogP contribution is 2.17. The summed E-state index contributed by atoms with van der Waals surface area (Å²) in [5.74, 6) is 0.597. The van der Waals surface area contributed by atoms with Crippen LogP contribution in [0.5, 0.6) is 0 Å². The molecule has 0 aromatic heterocycles. The number of hydrogen-bond donors (Lipinski definition) is 2. The molecule has 1 rings (SSSR count). The van der Waals surface area contributed by atoms with Gasteiger partial charge in [0.2, 0.25) is 0 Å². The maximum Gasteiger partial charge on any atom is 0.170 e. The highest BCUT2D eigenvalue weighted by atomic mass is 32.1. The molecule has 18 heavy (non-hydrogen) atoms. The molecule has 2 nitrogen and oxygen atoms in total. The summed E-state index contributed by atoms with van der Waals surface area (Å²) in [5, 5.41) is 7.24. The lowest BCUT2D eigenvalue weighted by Crippen LogP contribution is -2.31. The molecule has 0 radical (unpaired) electrons. The fraction of sp³-hybridized carbons (Fsp3) is 0.533. The molecule has 0 amide bonds. The Hall–Kier alpha value is -1.09. The molecule has 0 aliphatic carbocycles. The van der Waals surface area contributed by atoms with Crippen molar-refractivity contribution in [1.82, 2.24) is 5.32 Å². The number of thiocarbonyl (C=S) groups is 1. The predicted molar refractivity (Wildman–Crippen MR) is 84.1 cm³/mol. The molecule has 0 fully saturated rings. The van der Waals surface area contributed by atoms with E-state index in [0.29, 0.717) is 11.0 Å². The van der Waals surface area contributed by atoms with Crippen LogP contribution in [0, 0.1) is 5.92 Å². The molecule has 3 heteroatoms. The molecule has 1 aromatic carbocycles. The third-order valence-electron chi connectivity index (χ3n) is 2.74. The Balaban J connectivity index is 2.57. The second-order valence-corrected chi connectivity index (χ2v) is 5.40. The van der Waals surface area contributed by atoms with Crippen molar-refractivity contribution in [3.63, 3.8) is 0 Å². The van der Waals surface area contributed by atoms with Crippen molar-refractivity contribution in [3.8, 4) is 0 Å². The van der Waals surface area contributed by atoms with Crippen LogP contribution in [0.4, 0.5) is 5.69 Å². The Morgan fingerprint density at radius 1 is 1.28 bits per heavy atom. The smallest absolute Gasteiger partial charge is 0.170 e. The zero-order valence-corrected chi connectivity index (χ0v) is 12.4. The number of nitrogens with one attached hydrogen (secondary N) is 2. The monoisotopic (exact) mass is 264 g/mol. The van der Waals surface area contributed by atoms with Crippen molar-refractivity contribution in [2.75, 3.05) is 11.9 Å². The summed E-state index contributed by atoms with van der Waals surface area (Å²) in [5.41, 5.74) is 2.47. The standard InChI is InChI=1S/C15H24N2S/c1-4-5-8-13-9-6-7-10-14(13)17-15(18)16-11-12(2)3/h6-7,9-10,12H,4-5,8,11H2,1-3H3,(H2,16,17,18). The van der Waals surface area contributed by atoms with Crippen molar-refractivity contribution in [2.45, 2.75) is 40.0 Å². The van der Waals surface area contributed by atoms with E-state index >= 15 is 0 Å². The maximum absolute atomic E-state index is 5.30. The van der Waals surface area contributed by atoms with Gasteiger partial charge in [-0.15, -0.1) is 0 Å². The van der Waals surface area contributed by atoms with Gasteiger partial charge in [-0.3, -0.25) is 0 Å². The van der Waals surface area contributed by atoms with Crippen molar-refractivity contribution in [3.05, 3.63) is 29.8 Å². The number of aryl methyl sites for hydroxylation is 1. The number of unbranched alkanes of at least 4 members (excludes halogenated alkanes) is 1. The largest absolute Gasteiger partial charge is 0.362 e. The van der Waals surface area contributed by atoms with E-state index in [9.17, 15) is 0 Å². The van der Waals surface area contributed by atoms with Gasteiger partial charge in [-0.1, -0.05) is 45.4 Å². The molecular weight excluding hydrogens is 240 g/mol. The van der Waals surface area contributed by atoms with Gasteiger partial charge >= 0.3 is 0 Å². The third kappa shape index (κ3) is 5.50. The van der Waals surface area contributed by atoms with Crippen LogP contribution >= 0.6 is 12.2 Å². The zero-order valence-electron chi connectivity index (χ0n) is 11.6. The zero-order chi connectivity index (χ0) is 13.4. The minimum Gasteiger partial charge on any atom is -0.362 e. The van der Waals surface area contributed by atoms with Crippen LogP contribution in [-0.2, 0) is 6.42 Å². The Morgan fingerprint density at radius 2 is 2.00 bits per heavy atom. The third-order valence-corrected chi connectivity index (χ3v) is 2.98. The molecule has 0 unspecified atom stereocenters. The number of anilines is 1. The lowest BCUT2D eigenvalue weighted by Gasteiger charge is -2.15. The van der Waals surface area contributed by atoms with Gasteiger partial charge in [0.1, 0.15) is 0 Å². The lowest BCUT2D eigenvalue weighted by molar-refractivity contribution is 0.627. The molecule has 100 valence electrons. The van der Waals surface area contributed by atoms with Crippen LogP contribution in [0.2, 0.25) is 0 Å². The minimum absolute atomic E-state index is 0.597. The first-order chi connectivity index (χ1) is 8.63. The molecule has 1 aromatic rings.